The van der Waals surface area contributed by atoms with Gasteiger partial charge in [0.1, 0.15) is 0 Å². The topological polar surface area (TPSA) is 55.6 Å². The summed E-state index contributed by atoms with van der Waals surface area (Å²) in [7, 11) is 1.70. The average Bonchev–Trinajstić information content (AvgIpc) is 3.08. The smallest absolute Gasteiger partial charge is 0.264 e. The monoisotopic (exact) mass is 369 g/mol. The molecule has 0 unspecified atom stereocenters. The zero-order valence-electron chi connectivity index (χ0n) is 15.5. The van der Waals surface area contributed by atoms with Crippen LogP contribution in [-0.2, 0) is 16.1 Å². The summed E-state index contributed by atoms with van der Waals surface area (Å²) in [5.74, 6) is -0.107. The first-order valence-electron chi connectivity index (χ1n) is 8.50. The summed E-state index contributed by atoms with van der Waals surface area (Å²) < 4.78 is 7.38. The van der Waals surface area contributed by atoms with E-state index >= 15 is 0 Å². The van der Waals surface area contributed by atoms with Crippen LogP contribution in [0.25, 0.3) is 6.08 Å². The van der Waals surface area contributed by atoms with Crippen molar-refractivity contribution in [1.29, 1.82) is 0 Å². The Hall–Kier alpha value is -2.31. The van der Waals surface area contributed by atoms with Gasteiger partial charge in [-0.05, 0) is 61.9 Å². The van der Waals surface area contributed by atoms with Crippen molar-refractivity contribution in [3.05, 3.63) is 57.8 Å². The van der Waals surface area contributed by atoms with Gasteiger partial charge in [0, 0.05) is 25.0 Å². The minimum Gasteiger partial charge on any atom is -0.383 e. The summed E-state index contributed by atoms with van der Waals surface area (Å²) in [5, 5.41) is 3.47. The lowest BCUT2D eigenvalue weighted by Gasteiger charge is -2.08. The number of aryl methyl sites for hydroxylation is 2. The van der Waals surface area contributed by atoms with Gasteiger partial charge < -0.3 is 14.6 Å². The van der Waals surface area contributed by atoms with Crippen LogP contribution in [0.15, 0.2) is 40.2 Å². The maximum Gasteiger partial charge on any atom is 0.264 e. The first-order valence-corrected chi connectivity index (χ1v) is 9.32. The fourth-order valence-electron chi connectivity index (χ4n) is 2.92. The van der Waals surface area contributed by atoms with E-state index in [0.29, 0.717) is 16.7 Å². The molecule has 1 N–H and O–H groups in total. The van der Waals surface area contributed by atoms with Crippen molar-refractivity contribution < 1.29 is 9.53 Å². The van der Waals surface area contributed by atoms with Crippen molar-refractivity contribution in [1.82, 2.24) is 9.88 Å². The van der Waals surface area contributed by atoms with Gasteiger partial charge in [0.25, 0.3) is 5.91 Å². The highest BCUT2D eigenvalue weighted by atomic mass is 32.2. The van der Waals surface area contributed by atoms with E-state index in [2.05, 4.69) is 34.8 Å². The van der Waals surface area contributed by atoms with Crippen LogP contribution < -0.4 is 5.32 Å². The van der Waals surface area contributed by atoms with Crippen molar-refractivity contribution in [2.75, 3.05) is 13.7 Å². The standard InChI is InChI=1S/C20H23N3O2S/c1-13-7-5-6-8-17(13)21-20-22-19(24)18(26-20)12-16-11-14(2)23(15(16)3)9-10-25-4/h5-8,11-12H,9-10H2,1-4H3,(H,21,22,24)/b18-12-. The minimum absolute atomic E-state index is 0.107. The van der Waals surface area contributed by atoms with Crippen LogP contribution in [0.3, 0.4) is 0 Å². The second-order valence-electron chi connectivity index (χ2n) is 6.24. The highest BCUT2D eigenvalue weighted by molar-refractivity contribution is 8.18. The summed E-state index contributed by atoms with van der Waals surface area (Å²) in [4.78, 5) is 17.6. The van der Waals surface area contributed by atoms with E-state index in [1.807, 2.05) is 37.3 Å². The minimum atomic E-state index is -0.107. The summed E-state index contributed by atoms with van der Waals surface area (Å²) in [5.41, 5.74) is 5.28. The van der Waals surface area contributed by atoms with E-state index in [-0.39, 0.29) is 5.91 Å². The van der Waals surface area contributed by atoms with Crippen LogP contribution >= 0.6 is 11.8 Å². The van der Waals surface area contributed by atoms with Gasteiger partial charge >= 0.3 is 0 Å². The molecule has 26 heavy (non-hydrogen) atoms. The molecule has 1 aliphatic rings. The molecule has 0 bridgehead atoms. The molecule has 2 heterocycles. The number of carbonyl (C=O) groups is 1. The largest absolute Gasteiger partial charge is 0.383 e. The van der Waals surface area contributed by atoms with Gasteiger partial charge in [0.15, 0.2) is 5.17 Å². The molecule has 1 aliphatic heterocycles. The lowest BCUT2D eigenvalue weighted by Crippen LogP contribution is -2.19. The summed E-state index contributed by atoms with van der Waals surface area (Å²) >= 11 is 1.38. The number of benzene rings is 1. The molecule has 0 saturated carbocycles. The molecule has 0 spiro atoms. The van der Waals surface area contributed by atoms with Crippen molar-refractivity contribution in [2.45, 2.75) is 27.3 Å². The molecular formula is C20H23N3O2S. The molecule has 2 aromatic rings. The molecule has 3 rings (SSSR count). The Bertz CT molecular complexity index is 896. The zero-order valence-corrected chi connectivity index (χ0v) is 16.3. The fraction of sp³-hybridized carbons (Fsp3) is 0.300. The quantitative estimate of drug-likeness (QED) is 0.812. The Labute approximate surface area is 158 Å². The van der Waals surface area contributed by atoms with Crippen molar-refractivity contribution >= 4 is 34.6 Å². The molecule has 0 radical (unpaired) electrons. The number of amides is 1. The van der Waals surface area contributed by atoms with Gasteiger partial charge in [-0.3, -0.25) is 4.79 Å². The normalized spacial score (nSPS) is 17.3. The number of amidine groups is 1. The van der Waals surface area contributed by atoms with Gasteiger partial charge in [0.2, 0.25) is 0 Å². The number of ether oxygens (including phenoxy) is 1. The number of aromatic nitrogens is 1. The second kappa shape index (κ2) is 7.93. The summed E-state index contributed by atoms with van der Waals surface area (Å²) in [6, 6.07) is 9.97. The van der Waals surface area contributed by atoms with Gasteiger partial charge in [0.05, 0.1) is 17.2 Å². The maximum atomic E-state index is 12.3. The van der Waals surface area contributed by atoms with Crippen molar-refractivity contribution in [3.8, 4) is 0 Å². The molecule has 0 atom stereocenters. The number of hydrogen-bond donors (Lipinski definition) is 1. The van der Waals surface area contributed by atoms with Crippen LogP contribution in [-0.4, -0.2) is 29.4 Å². The van der Waals surface area contributed by atoms with E-state index in [1.165, 1.54) is 11.8 Å². The Kier molecular flexibility index (Phi) is 5.64. The second-order valence-corrected chi connectivity index (χ2v) is 7.27. The average molecular weight is 369 g/mol. The lowest BCUT2D eigenvalue weighted by atomic mass is 10.2. The molecule has 5 nitrogen and oxygen atoms in total. The molecule has 1 aromatic heterocycles. The number of rotatable bonds is 5. The molecule has 1 amide bonds. The van der Waals surface area contributed by atoms with Crippen LogP contribution in [0, 0.1) is 20.8 Å². The summed E-state index contributed by atoms with van der Waals surface area (Å²) in [6.07, 6.45) is 1.94. The molecular weight excluding hydrogens is 346 g/mol. The van der Waals surface area contributed by atoms with Crippen LogP contribution in [0.4, 0.5) is 5.69 Å². The molecule has 1 saturated heterocycles. The zero-order chi connectivity index (χ0) is 18.7. The highest BCUT2D eigenvalue weighted by Crippen LogP contribution is 2.30. The van der Waals surface area contributed by atoms with Crippen LogP contribution in [0.2, 0.25) is 0 Å². The number of aliphatic imine (C=N–C) groups is 1. The number of nitrogens with one attached hydrogen (secondary N) is 1. The van der Waals surface area contributed by atoms with E-state index in [1.54, 1.807) is 7.11 Å². The molecule has 0 aliphatic carbocycles. The van der Waals surface area contributed by atoms with E-state index < -0.39 is 0 Å². The molecule has 1 fully saturated rings. The first-order chi connectivity index (χ1) is 12.5. The number of para-hydroxylation sites is 1. The van der Waals surface area contributed by atoms with Gasteiger partial charge in [-0.25, -0.2) is 4.99 Å². The number of hydrogen-bond acceptors (Lipinski definition) is 4. The van der Waals surface area contributed by atoms with Crippen molar-refractivity contribution in [3.63, 3.8) is 0 Å². The van der Waals surface area contributed by atoms with Crippen LogP contribution in [0.1, 0.15) is 22.5 Å². The Morgan fingerprint density at radius 3 is 2.77 bits per heavy atom. The third-order valence-corrected chi connectivity index (χ3v) is 5.32. The van der Waals surface area contributed by atoms with Gasteiger partial charge in [-0.15, -0.1) is 0 Å². The fourth-order valence-corrected chi connectivity index (χ4v) is 3.75. The number of carbonyl (C=O) groups excluding carboxylic acids is 1. The number of thioether (sulfide) groups is 1. The number of methoxy groups -OCH3 is 1. The molecule has 1 aromatic carbocycles. The van der Waals surface area contributed by atoms with E-state index in [9.17, 15) is 4.79 Å². The predicted molar refractivity (Wildman–Crippen MR) is 108 cm³/mol. The molecule has 6 heteroatoms. The Morgan fingerprint density at radius 1 is 1.27 bits per heavy atom. The highest BCUT2D eigenvalue weighted by Gasteiger charge is 2.24. The van der Waals surface area contributed by atoms with Gasteiger partial charge in [-0.2, -0.15) is 0 Å². The lowest BCUT2D eigenvalue weighted by molar-refractivity contribution is -0.115. The summed E-state index contributed by atoms with van der Waals surface area (Å²) in [6.45, 7) is 7.60. The number of nitrogens with zero attached hydrogens (tertiary/aromatic N) is 2. The Balaban J connectivity index is 1.84. The maximum absolute atomic E-state index is 12.3. The van der Waals surface area contributed by atoms with Crippen molar-refractivity contribution in [2.24, 2.45) is 4.99 Å². The third kappa shape index (κ3) is 3.92. The third-order valence-electron chi connectivity index (χ3n) is 4.41. The van der Waals surface area contributed by atoms with E-state index in [0.717, 1.165) is 34.7 Å². The molecule has 136 valence electrons. The Morgan fingerprint density at radius 2 is 2.04 bits per heavy atom. The van der Waals surface area contributed by atoms with Gasteiger partial charge in [-0.1, -0.05) is 18.2 Å². The predicted octanol–water partition coefficient (Wildman–Crippen LogP) is 3.95. The van der Waals surface area contributed by atoms with E-state index in [4.69, 9.17) is 4.74 Å². The van der Waals surface area contributed by atoms with Crippen LogP contribution in [0.5, 0.6) is 0 Å². The SMILES string of the molecule is COCCn1c(C)cc(/C=C2\SC(=Nc3ccccc3C)NC2=O)c1C. The first kappa shape index (κ1) is 18.5.